The molecular weight excluding hydrogens is 258 g/mol. The van der Waals surface area contributed by atoms with Gasteiger partial charge in [0.05, 0.1) is 12.5 Å². The molecule has 2 unspecified atom stereocenters. The molecule has 1 fully saturated rings. The van der Waals surface area contributed by atoms with Gasteiger partial charge in [0.15, 0.2) is 0 Å². The van der Waals surface area contributed by atoms with Crippen LogP contribution in [-0.4, -0.2) is 17.7 Å². The molecule has 0 spiro atoms. The first-order valence-electron chi connectivity index (χ1n) is 6.99. The van der Waals surface area contributed by atoms with Crippen LogP contribution in [0.25, 0.3) is 0 Å². The summed E-state index contributed by atoms with van der Waals surface area (Å²) in [5.74, 6) is -0.279. The summed E-state index contributed by atoms with van der Waals surface area (Å²) in [6.45, 7) is 2.18. The van der Waals surface area contributed by atoms with Crippen LogP contribution >= 0.6 is 0 Å². The van der Waals surface area contributed by atoms with Gasteiger partial charge in [0.2, 0.25) is 0 Å². The highest BCUT2D eigenvalue weighted by atomic mass is 16.5. The van der Waals surface area contributed by atoms with Crippen LogP contribution in [0.4, 0.5) is 5.69 Å². The van der Waals surface area contributed by atoms with Crippen molar-refractivity contribution in [2.45, 2.75) is 38.5 Å². The van der Waals surface area contributed by atoms with Gasteiger partial charge < -0.3 is 9.84 Å². The summed E-state index contributed by atoms with van der Waals surface area (Å²) in [6, 6.07) is 4.99. The lowest BCUT2D eigenvalue weighted by atomic mass is 9.77. The minimum atomic E-state index is -0.165. The van der Waals surface area contributed by atoms with E-state index in [9.17, 15) is 14.8 Å². The summed E-state index contributed by atoms with van der Waals surface area (Å²) in [5.41, 5.74) is 0.761. The van der Waals surface area contributed by atoms with Gasteiger partial charge in [-0.2, -0.15) is 0 Å². The number of ether oxygens (including phenoxy) is 1. The molecule has 0 aliphatic heterocycles. The SMILES string of the molecule is CCOC(=O)C1CCCC(c2cccc(N=O)c2O)C1. The molecule has 5 heteroatoms. The third kappa shape index (κ3) is 2.98. The molecule has 2 rings (SSSR count). The molecule has 0 amide bonds. The van der Waals surface area contributed by atoms with Crippen molar-refractivity contribution in [3.8, 4) is 5.75 Å². The van der Waals surface area contributed by atoms with Crippen LogP contribution in [0.2, 0.25) is 0 Å². The number of nitroso groups, excluding NO2 is 1. The fraction of sp³-hybridized carbons (Fsp3) is 0.533. The highest BCUT2D eigenvalue weighted by Crippen LogP contribution is 2.42. The number of nitrogens with zero attached hydrogens (tertiary/aromatic N) is 1. The zero-order valence-corrected chi connectivity index (χ0v) is 11.5. The Labute approximate surface area is 117 Å². The molecule has 2 atom stereocenters. The molecule has 0 saturated heterocycles. The molecule has 1 aromatic carbocycles. The molecule has 1 saturated carbocycles. The summed E-state index contributed by atoms with van der Waals surface area (Å²) in [5, 5.41) is 12.9. The van der Waals surface area contributed by atoms with Gasteiger partial charge in [0.1, 0.15) is 11.4 Å². The lowest BCUT2D eigenvalue weighted by molar-refractivity contribution is -0.149. The molecule has 1 aliphatic carbocycles. The second-order valence-electron chi connectivity index (χ2n) is 5.12. The Balaban J connectivity index is 2.17. The maximum atomic E-state index is 11.8. The average Bonchev–Trinajstić information content (AvgIpc) is 2.48. The summed E-state index contributed by atoms with van der Waals surface area (Å²) in [7, 11) is 0. The number of phenols is 1. The molecule has 0 heterocycles. The van der Waals surface area contributed by atoms with Gasteiger partial charge in [0, 0.05) is 0 Å². The van der Waals surface area contributed by atoms with E-state index in [-0.39, 0.29) is 29.2 Å². The molecule has 1 N–H and O–H groups in total. The minimum absolute atomic E-state index is 0.0563. The quantitative estimate of drug-likeness (QED) is 0.673. The topological polar surface area (TPSA) is 76.0 Å². The predicted octanol–water partition coefficient (Wildman–Crippen LogP) is 3.63. The maximum Gasteiger partial charge on any atom is 0.308 e. The Morgan fingerprint density at radius 1 is 1.45 bits per heavy atom. The van der Waals surface area contributed by atoms with Crippen LogP contribution in [0.1, 0.15) is 44.1 Å². The van der Waals surface area contributed by atoms with Gasteiger partial charge in [-0.05, 0) is 48.9 Å². The Bertz CT molecular complexity index is 501. The molecular formula is C15H19NO4. The van der Waals surface area contributed by atoms with Gasteiger partial charge in [-0.15, -0.1) is 4.91 Å². The van der Waals surface area contributed by atoms with Crippen molar-refractivity contribution in [3.63, 3.8) is 0 Å². The number of hydrogen-bond acceptors (Lipinski definition) is 5. The first kappa shape index (κ1) is 14.5. The van der Waals surface area contributed by atoms with Crippen molar-refractivity contribution < 1.29 is 14.6 Å². The van der Waals surface area contributed by atoms with E-state index in [0.29, 0.717) is 18.6 Å². The molecule has 1 aliphatic rings. The molecule has 0 bridgehead atoms. The number of rotatable bonds is 4. The van der Waals surface area contributed by atoms with Gasteiger partial charge in [-0.3, -0.25) is 4.79 Å². The van der Waals surface area contributed by atoms with E-state index in [1.807, 2.05) is 0 Å². The molecule has 108 valence electrons. The van der Waals surface area contributed by atoms with Gasteiger partial charge >= 0.3 is 5.97 Å². The number of para-hydroxylation sites is 1. The van der Waals surface area contributed by atoms with E-state index in [2.05, 4.69) is 5.18 Å². The fourth-order valence-electron chi connectivity index (χ4n) is 2.90. The van der Waals surface area contributed by atoms with Crippen LogP contribution in [0, 0.1) is 10.8 Å². The number of aromatic hydroxyl groups is 1. The van der Waals surface area contributed by atoms with E-state index in [0.717, 1.165) is 19.3 Å². The predicted molar refractivity (Wildman–Crippen MR) is 74.9 cm³/mol. The standard InChI is InChI=1S/C15H19NO4/c1-2-20-15(18)11-6-3-5-10(9-11)12-7-4-8-13(16-19)14(12)17/h4,7-8,10-11,17H,2-3,5-6,9H2,1H3. The van der Waals surface area contributed by atoms with Crippen LogP contribution in [0.5, 0.6) is 5.75 Å². The fourth-order valence-corrected chi connectivity index (χ4v) is 2.90. The van der Waals surface area contributed by atoms with Crippen LogP contribution in [0.3, 0.4) is 0 Å². The zero-order valence-electron chi connectivity index (χ0n) is 11.5. The summed E-state index contributed by atoms with van der Waals surface area (Å²) in [6.07, 6.45) is 3.27. The van der Waals surface area contributed by atoms with Crippen LogP contribution < -0.4 is 0 Å². The van der Waals surface area contributed by atoms with Gasteiger partial charge in [0.25, 0.3) is 0 Å². The second-order valence-corrected chi connectivity index (χ2v) is 5.12. The van der Waals surface area contributed by atoms with Gasteiger partial charge in [-0.1, -0.05) is 18.6 Å². The molecule has 20 heavy (non-hydrogen) atoms. The Morgan fingerprint density at radius 2 is 2.25 bits per heavy atom. The van der Waals surface area contributed by atoms with Crippen molar-refractivity contribution in [1.29, 1.82) is 0 Å². The van der Waals surface area contributed by atoms with Crippen LogP contribution in [0.15, 0.2) is 23.4 Å². The van der Waals surface area contributed by atoms with Crippen molar-refractivity contribution in [2.75, 3.05) is 6.61 Å². The van der Waals surface area contributed by atoms with E-state index in [4.69, 9.17) is 4.74 Å². The smallest absolute Gasteiger partial charge is 0.308 e. The normalized spacial score (nSPS) is 22.2. The highest BCUT2D eigenvalue weighted by Gasteiger charge is 2.30. The second kappa shape index (κ2) is 6.50. The van der Waals surface area contributed by atoms with E-state index in [1.165, 1.54) is 6.07 Å². The minimum Gasteiger partial charge on any atom is -0.505 e. The monoisotopic (exact) mass is 277 g/mol. The third-order valence-corrected chi connectivity index (χ3v) is 3.88. The van der Waals surface area contributed by atoms with Crippen molar-refractivity contribution >= 4 is 11.7 Å². The summed E-state index contributed by atoms with van der Waals surface area (Å²) >= 11 is 0. The van der Waals surface area contributed by atoms with Crippen molar-refractivity contribution in [1.82, 2.24) is 0 Å². The number of phenolic OH excluding ortho intramolecular Hbond substituents is 1. The molecule has 1 aromatic rings. The van der Waals surface area contributed by atoms with E-state index in [1.54, 1.807) is 19.1 Å². The number of benzene rings is 1. The highest BCUT2D eigenvalue weighted by molar-refractivity contribution is 5.72. The number of carbonyl (C=O) groups excluding carboxylic acids is 1. The third-order valence-electron chi connectivity index (χ3n) is 3.88. The maximum absolute atomic E-state index is 11.8. The summed E-state index contributed by atoms with van der Waals surface area (Å²) in [4.78, 5) is 22.5. The Hall–Kier alpha value is -1.91. The lowest BCUT2D eigenvalue weighted by Gasteiger charge is -2.28. The van der Waals surface area contributed by atoms with Crippen molar-refractivity contribution in [3.05, 3.63) is 28.7 Å². The van der Waals surface area contributed by atoms with Crippen molar-refractivity contribution in [2.24, 2.45) is 11.1 Å². The molecule has 0 aromatic heterocycles. The van der Waals surface area contributed by atoms with Gasteiger partial charge in [-0.25, -0.2) is 0 Å². The average molecular weight is 277 g/mol. The zero-order chi connectivity index (χ0) is 14.5. The van der Waals surface area contributed by atoms with Crippen LogP contribution in [-0.2, 0) is 9.53 Å². The molecule has 5 nitrogen and oxygen atoms in total. The molecule has 0 radical (unpaired) electrons. The van der Waals surface area contributed by atoms with E-state index < -0.39 is 0 Å². The van der Waals surface area contributed by atoms with E-state index >= 15 is 0 Å². The summed E-state index contributed by atoms with van der Waals surface area (Å²) < 4.78 is 5.07. The lowest BCUT2D eigenvalue weighted by Crippen LogP contribution is -2.24. The first-order valence-corrected chi connectivity index (χ1v) is 6.99. The first-order chi connectivity index (χ1) is 9.67. The largest absolute Gasteiger partial charge is 0.505 e. The Morgan fingerprint density at radius 3 is 2.95 bits per heavy atom. The number of esters is 1. The number of hydrogen-bond donors (Lipinski definition) is 1. The number of carbonyl (C=O) groups is 1. The Kier molecular flexibility index (Phi) is 4.71.